The molecule has 29 heavy (non-hydrogen) atoms. The lowest BCUT2D eigenvalue weighted by atomic mass is 9.96. The van der Waals surface area contributed by atoms with Gasteiger partial charge in [0.15, 0.2) is 0 Å². The SMILES string of the molecule is CN1CCCCC1c1ccccc1.O=[N+]([O-])c1cc([N+](=O)[O-])c(O)c([N+](=O)[O-])c1. The number of aromatic hydroxyl groups is 1. The predicted molar refractivity (Wildman–Crippen MR) is 104 cm³/mol. The van der Waals surface area contributed by atoms with Crippen LogP contribution in [0.1, 0.15) is 30.9 Å². The molecule has 1 atom stereocenters. The Hall–Kier alpha value is -3.60. The van der Waals surface area contributed by atoms with E-state index in [0.717, 1.165) is 0 Å². The third-order valence-electron chi connectivity index (χ3n) is 4.61. The molecule has 1 aliphatic heterocycles. The third-order valence-corrected chi connectivity index (χ3v) is 4.61. The Morgan fingerprint density at radius 3 is 1.93 bits per heavy atom. The van der Waals surface area contributed by atoms with E-state index in [-0.39, 0.29) is 0 Å². The van der Waals surface area contributed by atoms with Crippen molar-refractivity contribution in [3.63, 3.8) is 0 Å². The zero-order valence-corrected chi connectivity index (χ0v) is 15.6. The fraction of sp³-hybridized carbons (Fsp3) is 0.333. The zero-order chi connectivity index (χ0) is 21.6. The van der Waals surface area contributed by atoms with E-state index >= 15 is 0 Å². The van der Waals surface area contributed by atoms with Crippen molar-refractivity contribution in [2.45, 2.75) is 25.3 Å². The van der Waals surface area contributed by atoms with Crippen molar-refractivity contribution in [1.82, 2.24) is 4.90 Å². The Balaban J connectivity index is 0.000000211. The summed E-state index contributed by atoms with van der Waals surface area (Å²) in [6, 6.07) is 12.4. The normalized spacial score (nSPS) is 16.4. The Morgan fingerprint density at radius 1 is 0.931 bits per heavy atom. The highest BCUT2D eigenvalue weighted by molar-refractivity contribution is 5.64. The minimum absolute atomic E-state index is 0.447. The van der Waals surface area contributed by atoms with Gasteiger partial charge in [-0.05, 0) is 32.0 Å². The van der Waals surface area contributed by atoms with E-state index in [1.54, 1.807) is 0 Å². The first-order valence-corrected chi connectivity index (χ1v) is 8.77. The summed E-state index contributed by atoms with van der Waals surface area (Å²) >= 11 is 0. The van der Waals surface area contributed by atoms with Crippen molar-refractivity contribution in [2.75, 3.05) is 13.6 Å². The van der Waals surface area contributed by atoms with Gasteiger partial charge < -0.3 is 5.11 Å². The fourth-order valence-electron chi connectivity index (χ4n) is 3.14. The molecule has 11 nitrogen and oxygen atoms in total. The van der Waals surface area contributed by atoms with Gasteiger partial charge in [0.2, 0.25) is 0 Å². The summed E-state index contributed by atoms with van der Waals surface area (Å²) in [5.74, 6) is -1.21. The first-order valence-electron chi connectivity index (χ1n) is 8.77. The maximum Gasteiger partial charge on any atom is 0.324 e. The van der Waals surface area contributed by atoms with Crippen LogP contribution in [0.4, 0.5) is 17.1 Å². The third kappa shape index (κ3) is 5.45. The molecule has 0 saturated carbocycles. The molecular weight excluding hydrogens is 384 g/mol. The molecule has 3 rings (SSSR count). The van der Waals surface area contributed by atoms with Gasteiger partial charge in [-0.3, -0.25) is 35.2 Å². The molecule has 2 aromatic rings. The molecule has 0 amide bonds. The maximum absolute atomic E-state index is 10.4. The summed E-state index contributed by atoms with van der Waals surface area (Å²) in [6.07, 6.45) is 4.06. The highest BCUT2D eigenvalue weighted by Crippen LogP contribution is 2.39. The number of hydrogen-bond donors (Lipinski definition) is 1. The van der Waals surface area contributed by atoms with Crippen molar-refractivity contribution in [3.8, 4) is 5.75 Å². The quantitative estimate of drug-likeness (QED) is 0.593. The van der Waals surface area contributed by atoms with E-state index in [4.69, 9.17) is 5.11 Å². The van der Waals surface area contributed by atoms with Gasteiger partial charge in [-0.2, -0.15) is 0 Å². The largest absolute Gasteiger partial charge is 0.497 e. The molecule has 1 N–H and O–H groups in total. The van der Waals surface area contributed by atoms with Crippen LogP contribution in [-0.4, -0.2) is 38.4 Å². The first-order chi connectivity index (χ1) is 13.7. The number of nitro benzene ring substituents is 3. The molecule has 0 radical (unpaired) electrons. The van der Waals surface area contributed by atoms with Gasteiger partial charge in [0.05, 0.1) is 26.9 Å². The monoisotopic (exact) mass is 404 g/mol. The van der Waals surface area contributed by atoms with Crippen molar-refractivity contribution in [3.05, 3.63) is 78.4 Å². The number of nitro groups is 3. The van der Waals surface area contributed by atoms with Crippen LogP contribution in [0, 0.1) is 30.3 Å². The molecule has 1 fully saturated rings. The smallest absolute Gasteiger partial charge is 0.324 e. The zero-order valence-electron chi connectivity index (χ0n) is 15.6. The van der Waals surface area contributed by atoms with Gasteiger partial charge in [-0.1, -0.05) is 36.8 Å². The fourth-order valence-corrected chi connectivity index (χ4v) is 3.14. The molecule has 0 aromatic heterocycles. The Morgan fingerprint density at radius 2 is 1.48 bits per heavy atom. The molecular formula is C18H20N4O7. The van der Waals surface area contributed by atoms with Crippen LogP contribution < -0.4 is 0 Å². The number of rotatable bonds is 4. The lowest BCUT2D eigenvalue weighted by molar-refractivity contribution is -0.404. The summed E-state index contributed by atoms with van der Waals surface area (Å²) < 4.78 is 0. The van der Waals surface area contributed by atoms with Gasteiger partial charge in [0.1, 0.15) is 0 Å². The summed E-state index contributed by atoms with van der Waals surface area (Å²) in [7, 11) is 2.23. The standard InChI is InChI=1S/C12H17N.C6H3N3O7/c1-13-10-6-5-9-12(13)11-7-3-2-4-8-11;10-6-4(8(13)14)1-3(7(11)12)2-5(6)9(15)16/h2-4,7-8,12H,5-6,9-10H2,1H3;1-2,10H. The first kappa shape index (κ1) is 21.7. The van der Waals surface area contributed by atoms with Crippen LogP contribution in [0.2, 0.25) is 0 Å². The van der Waals surface area contributed by atoms with Crippen molar-refractivity contribution >= 4 is 17.1 Å². The molecule has 154 valence electrons. The van der Waals surface area contributed by atoms with Crippen LogP contribution >= 0.6 is 0 Å². The van der Waals surface area contributed by atoms with Crippen molar-refractivity contribution in [1.29, 1.82) is 0 Å². The minimum Gasteiger partial charge on any atom is -0.497 e. The van der Waals surface area contributed by atoms with Gasteiger partial charge >= 0.3 is 11.4 Å². The molecule has 2 aromatic carbocycles. The molecule has 0 aliphatic carbocycles. The van der Waals surface area contributed by atoms with Gasteiger partial charge in [0.25, 0.3) is 11.4 Å². The van der Waals surface area contributed by atoms with Gasteiger partial charge in [-0.15, -0.1) is 0 Å². The van der Waals surface area contributed by atoms with Crippen LogP contribution in [0.5, 0.6) is 5.75 Å². The van der Waals surface area contributed by atoms with E-state index in [2.05, 4.69) is 42.3 Å². The summed E-state index contributed by atoms with van der Waals surface area (Å²) in [5.41, 5.74) is -1.53. The second-order valence-electron chi connectivity index (χ2n) is 6.51. The average molecular weight is 404 g/mol. The minimum atomic E-state index is -1.21. The Kier molecular flexibility index (Phi) is 7.15. The molecule has 0 spiro atoms. The topological polar surface area (TPSA) is 153 Å². The second-order valence-corrected chi connectivity index (χ2v) is 6.51. The van der Waals surface area contributed by atoms with E-state index in [9.17, 15) is 30.3 Å². The molecule has 0 bridgehead atoms. The Labute approximate surface area is 165 Å². The highest BCUT2D eigenvalue weighted by atomic mass is 16.6. The second kappa shape index (κ2) is 9.55. The number of likely N-dealkylation sites (tertiary alicyclic amines) is 1. The number of benzene rings is 2. The molecule has 1 heterocycles. The summed E-state index contributed by atoms with van der Waals surface area (Å²) in [5, 5.41) is 40.2. The van der Waals surface area contributed by atoms with Crippen LogP contribution in [0.15, 0.2) is 42.5 Å². The highest BCUT2D eigenvalue weighted by Gasteiger charge is 2.30. The number of nitrogens with zero attached hydrogens (tertiary/aromatic N) is 4. The number of phenolic OH excluding ortho intramolecular Hbond substituents is 1. The lowest BCUT2D eigenvalue weighted by Crippen LogP contribution is -2.29. The van der Waals surface area contributed by atoms with Crippen molar-refractivity contribution < 1.29 is 19.9 Å². The molecule has 1 unspecified atom stereocenters. The van der Waals surface area contributed by atoms with E-state index in [1.807, 2.05) is 0 Å². The van der Waals surface area contributed by atoms with E-state index in [0.29, 0.717) is 18.2 Å². The summed E-state index contributed by atoms with van der Waals surface area (Å²) in [6.45, 7) is 1.25. The van der Waals surface area contributed by atoms with E-state index < -0.39 is 37.6 Å². The predicted octanol–water partition coefficient (Wildman–Crippen LogP) is 3.96. The Bertz CT molecular complexity index is 869. The summed E-state index contributed by atoms with van der Waals surface area (Å²) in [4.78, 5) is 30.2. The number of hydrogen-bond acceptors (Lipinski definition) is 8. The van der Waals surface area contributed by atoms with Crippen molar-refractivity contribution in [2.24, 2.45) is 0 Å². The van der Waals surface area contributed by atoms with Crippen LogP contribution in [-0.2, 0) is 0 Å². The van der Waals surface area contributed by atoms with Gasteiger partial charge in [-0.25, -0.2) is 0 Å². The van der Waals surface area contributed by atoms with Gasteiger partial charge in [0, 0.05) is 6.04 Å². The maximum atomic E-state index is 10.4. The average Bonchev–Trinajstić information content (AvgIpc) is 2.69. The molecule has 1 aliphatic rings. The van der Waals surface area contributed by atoms with E-state index in [1.165, 1.54) is 31.4 Å². The molecule has 11 heteroatoms. The van der Waals surface area contributed by atoms with Crippen LogP contribution in [0.25, 0.3) is 0 Å². The number of piperidine rings is 1. The number of non-ortho nitro benzene ring substituents is 1. The molecule has 1 saturated heterocycles. The lowest BCUT2D eigenvalue weighted by Gasteiger charge is -2.32. The van der Waals surface area contributed by atoms with Crippen LogP contribution in [0.3, 0.4) is 0 Å². The number of phenols is 1.